The molecule has 20 heavy (non-hydrogen) atoms. The molecule has 0 heterocycles. The van der Waals surface area contributed by atoms with E-state index in [9.17, 15) is 0 Å². The molecule has 1 rings (SSSR count). The summed E-state index contributed by atoms with van der Waals surface area (Å²) in [5, 5.41) is 11.8. The summed E-state index contributed by atoms with van der Waals surface area (Å²) in [7, 11) is 0. The average Bonchev–Trinajstić information content (AvgIpc) is 2.47. The lowest BCUT2D eigenvalue weighted by Crippen LogP contribution is -2.26. The molecule has 0 atom stereocenters. The second kappa shape index (κ2) is 8.84. The highest BCUT2D eigenvalue weighted by Crippen LogP contribution is 2.28. The third kappa shape index (κ3) is 4.71. The molecule has 0 aliphatic rings. The number of nitrogens with zero attached hydrogens (tertiary/aromatic N) is 2. The molecule has 0 bridgehead atoms. The molecular weight excluding hydrogens is 318 g/mol. The van der Waals surface area contributed by atoms with Crippen LogP contribution in [-0.4, -0.2) is 24.1 Å². The molecule has 3 N–H and O–H groups in total. The van der Waals surface area contributed by atoms with Crippen molar-refractivity contribution in [3.63, 3.8) is 0 Å². The molecule has 0 saturated carbocycles. The van der Waals surface area contributed by atoms with Gasteiger partial charge < -0.3 is 15.8 Å². The summed E-state index contributed by atoms with van der Waals surface area (Å²) in [6.45, 7) is 6.51. The zero-order valence-electron chi connectivity index (χ0n) is 12.3. The van der Waals surface area contributed by atoms with Crippen LogP contribution >= 0.6 is 15.9 Å². The number of anilines is 1. The monoisotopic (exact) mass is 341 g/mol. The van der Waals surface area contributed by atoms with Gasteiger partial charge in [0.2, 0.25) is 0 Å². The summed E-state index contributed by atoms with van der Waals surface area (Å²) in [5.74, 6) is 0.130. The van der Waals surface area contributed by atoms with E-state index in [1.165, 1.54) is 31.4 Å². The maximum atomic E-state index is 8.73. The van der Waals surface area contributed by atoms with Crippen LogP contribution in [0, 0.1) is 0 Å². The molecule has 4 nitrogen and oxygen atoms in total. The fourth-order valence-electron chi connectivity index (χ4n) is 2.03. The fourth-order valence-corrected chi connectivity index (χ4v) is 2.66. The van der Waals surface area contributed by atoms with Crippen molar-refractivity contribution in [3.05, 3.63) is 28.2 Å². The van der Waals surface area contributed by atoms with Crippen LogP contribution in [0.2, 0.25) is 0 Å². The highest BCUT2D eigenvalue weighted by Gasteiger charge is 2.11. The Morgan fingerprint density at radius 1 is 1.25 bits per heavy atom. The van der Waals surface area contributed by atoms with Crippen LogP contribution in [0.15, 0.2) is 27.8 Å². The second-order valence-corrected chi connectivity index (χ2v) is 5.70. The van der Waals surface area contributed by atoms with Crippen molar-refractivity contribution in [2.45, 2.75) is 39.5 Å². The smallest absolute Gasteiger partial charge is 0.170 e. The zero-order valence-corrected chi connectivity index (χ0v) is 13.9. The first kappa shape index (κ1) is 16.8. The highest BCUT2D eigenvalue weighted by atomic mass is 79.9. The summed E-state index contributed by atoms with van der Waals surface area (Å²) in [6.07, 6.45) is 4.72. The summed E-state index contributed by atoms with van der Waals surface area (Å²) in [4.78, 5) is 2.40. The van der Waals surface area contributed by atoms with Gasteiger partial charge in [-0.05, 0) is 47.0 Å². The Labute approximate surface area is 129 Å². The molecule has 0 saturated heterocycles. The average molecular weight is 342 g/mol. The van der Waals surface area contributed by atoms with Crippen molar-refractivity contribution >= 4 is 27.5 Å². The van der Waals surface area contributed by atoms with Crippen LogP contribution < -0.4 is 10.6 Å². The number of benzene rings is 1. The largest absolute Gasteiger partial charge is 0.409 e. The summed E-state index contributed by atoms with van der Waals surface area (Å²) in [6, 6.07) is 5.82. The molecule has 0 aliphatic carbocycles. The maximum absolute atomic E-state index is 8.73. The molecule has 0 spiro atoms. The molecule has 0 amide bonds. The van der Waals surface area contributed by atoms with Gasteiger partial charge in [-0.3, -0.25) is 0 Å². The molecule has 0 aromatic heterocycles. The molecule has 0 aliphatic heterocycles. The lowest BCUT2D eigenvalue weighted by Gasteiger charge is -2.26. The number of oxime groups is 1. The number of rotatable bonds is 8. The molecule has 112 valence electrons. The van der Waals surface area contributed by atoms with Gasteiger partial charge in [-0.25, -0.2) is 0 Å². The molecule has 0 fully saturated rings. The Bertz CT molecular complexity index is 441. The van der Waals surface area contributed by atoms with Gasteiger partial charge in [0.25, 0.3) is 0 Å². The Kier molecular flexibility index (Phi) is 7.44. The van der Waals surface area contributed by atoms with Crippen LogP contribution in [0.3, 0.4) is 0 Å². The van der Waals surface area contributed by atoms with Crippen LogP contribution in [0.1, 0.15) is 45.1 Å². The first-order chi connectivity index (χ1) is 9.63. The Morgan fingerprint density at radius 2 is 1.85 bits per heavy atom. The van der Waals surface area contributed by atoms with Crippen molar-refractivity contribution in [3.8, 4) is 0 Å². The third-order valence-corrected chi connectivity index (χ3v) is 3.89. The van der Waals surface area contributed by atoms with Gasteiger partial charge >= 0.3 is 0 Å². The highest BCUT2D eigenvalue weighted by molar-refractivity contribution is 9.10. The van der Waals surface area contributed by atoms with Crippen LogP contribution in [0.25, 0.3) is 0 Å². The second-order valence-electron chi connectivity index (χ2n) is 4.85. The first-order valence-electron chi connectivity index (χ1n) is 7.16. The number of hydrogen-bond acceptors (Lipinski definition) is 3. The van der Waals surface area contributed by atoms with Crippen molar-refractivity contribution in [1.29, 1.82) is 0 Å². The lowest BCUT2D eigenvalue weighted by atomic mass is 10.1. The van der Waals surface area contributed by atoms with Gasteiger partial charge in [-0.2, -0.15) is 0 Å². The normalized spacial score (nSPS) is 11.7. The van der Waals surface area contributed by atoms with Crippen molar-refractivity contribution in [2.75, 3.05) is 18.0 Å². The van der Waals surface area contributed by atoms with E-state index in [0.717, 1.165) is 17.6 Å². The quantitative estimate of drug-likeness (QED) is 0.325. The summed E-state index contributed by atoms with van der Waals surface area (Å²) >= 11 is 3.60. The molecule has 5 heteroatoms. The molecule has 0 radical (unpaired) electrons. The van der Waals surface area contributed by atoms with Crippen LogP contribution in [0.5, 0.6) is 0 Å². The van der Waals surface area contributed by atoms with E-state index >= 15 is 0 Å². The topological polar surface area (TPSA) is 61.8 Å². The number of amidine groups is 1. The van der Waals surface area contributed by atoms with Crippen LogP contribution in [-0.2, 0) is 0 Å². The Morgan fingerprint density at radius 3 is 2.30 bits per heavy atom. The number of halogens is 1. The van der Waals surface area contributed by atoms with E-state index in [1.54, 1.807) is 0 Å². The van der Waals surface area contributed by atoms with Gasteiger partial charge in [0.1, 0.15) is 0 Å². The number of hydrogen-bond donors (Lipinski definition) is 2. The number of unbranched alkanes of at least 4 members (excludes halogenated alkanes) is 2. The Hall–Kier alpha value is -1.23. The Balaban J connectivity index is 2.95. The minimum Gasteiger partial charge on any atom is -0.409 e. The molecule has 1 aromatic rings. The van der Waals surface area contributed by atoms with Crippen molar-refractivity contribution in [1.82, 2.24) is 0 Å². The van der Waals surface area contributed by atoms with Gasteiger partial charge in [0.15, 0.2) is 5.84 Å². The van der Waals surface area contributed by atoms with E-state index in [1.807, 2.05) is 18.2 Å². The van der Waals surface area contributed by atoms with E-state index in [4.69, 9.17) is 10.9 Å². The predicted octanol–water partition coefficient (Wildman–Crippen LogP) is 3.95. The van der Waals surface area contributed by atoms with E-state index < -0.39 is 0 Å². The first-order valence-corrected chi connectivity index (χ1v) is 7.95. The standard InChI is InChI=1S/C15H24BrN3O/c1-3-5-9-19(10-6-4-2)14-8-7-12(11-13(14)16)15(17)18-20/h7-8,11,20H,3-6,9-10H2,1-2H3,(H2,17,18). The van der Waals surface area contributed by atoms with E-state index in [-0.39, 0.29) is 5.84 Å². The minimum absolute atomic E-state index is 0.130. The summed E-state index contributed by atoms with van der Waals surface area (Å²) in [5.41, 5.74) is 7.50. The van der Waals surface area contributed by atoms with Gasteiger partial charge in [0, 0.05) is 23.1 Å². The van der Waals surface area contributed by atoms with Gasteiger partial charge in [-0.15, -0.1) is 0 Å². The van der Waals surface area contributed by atoms with Crippen molar-refractivity contribution in [2.24, 2.45) is 10.9 Å². The van der Waals surface area contributed by atoms with E-state index in [0.29, 0.717) is 5.56 Å². The SMILES string of the molecule is CCCCN(CCCC)c1ccc(/C(N)=N/O)cc1Br. The van der Waals surface area contributed by atoms with Crippen LogP contribution in [0.4, 0.5) is 5.69 Å². The zero-order chi connectivity index (χ0) is 15.0. The molecular formula is C15H24BrN3O. The predicted molar refractivity (Wildman–Crippen MR) is 88.7 cm³/mol. The fraction of sp³-hybridized carbons (Fsp3) is 0.533. The molecule has 0 unspecified atom stereocenters. The van der Waals surface area contributed by atoms with E-state index in [2.05, 4.69) is 39.8 Å². The van der Waals surface area contributed by atoms with Gasteiger partial charge in [0.05, 0.1) is 5.69 Å². The third-order valence-electron chi connectivity index (χ3n) is 3.26. The van der Waals surface area contributed by atoms with Gasteiger partial charge in [-0.1, -0.05) is 31.8 Å². The maximum Gasteiger partial charge on any atom is 0.170 e. The molecule has 1 aromatic carbocycles. The van der Waals surface area contributed by atoms with Crippen molar-refractivity contribution < 1.29 is 5.21 Å². The minimum atomic E-state index is 0.130. The number of nitrogens with two attached hydrogens (primary N) is 1. The summed E-state index contributed by atoms with van der Waals surface area (Å²) < 4.78 is 0.980. The lowest BCUT2D eigenvalue weighted by molar-refractivity contribution is 0.318.